The first-order valence-corrected chi connectivity index (χ1v) is 4.56. The Kier molecular flexibility index (Phi) is 3.44. The van der Waals surface area contributed by atoms with Crippen molar-refractivity contribution in [1.29, 1.82) is 0 Å². The first kappa shape index (κ1) is 12.0. The molecule has 1 heterocycles. The van der Waals surface area contributed by atoms with Crippen molar-refractivity contribution in [3.05, 3.63) is 16.3 Å². The summed E-state index contributed by atoms with van der Waals surface area (Å²) in [5.41, 5.74) is -0.338. The van der Waals surface area contributed by atoms with Crippen LogP contribution in [0, 0.1) is 10.1 Å². The fraction of sp³-hybridized carbons (Fsp3) is 0.500. The van der Waals surface area contributed by atoms with Crippen LogP contribution in [0.5, 0.6) is 5.88 Å². The van der Waals surface area contributed by atoms with Crippen LogP contribution >= 0.6 is 0 Å². The van der Waals surface area contributed by atoms with Crippen molar-refractivity contribution in [3.63, 3.8) is 0 Å². The maximum Gasteiger partial charge on any atom is 0.350 e. The molecule has 1 N–H and O–H groups in total. The SMILES string of the molecule is CCOc1nn(C(C)C(=O)O)cc1[N+](=O)[O-]. The number of rotatable bonds is 5. The number of aliphatic carboxylic acids is 1. The van der Waals surface area contributed by atoms with E-state index in [-0.39, 0.29) is 18.2 Å². The molecule has 8 nitrogen and oxygen atoms in total. The summed E-state index contributed by atoms with van der Waals surface area (Å²) in [6, 6.07) is -0.979. The van der Waals surface area contributed by atoms with E-state index in [1.807, 2.05) is 0 Å². The summed E-state index contributed by atoms with van der Waals surface area (Å²) in [4.78, 5) is 20.6. The van der Waals surface area contributed by atoms with Crippen molar-refractivity contribution < 1.29 is 19.6 Å². The summed E-state index contributed by atoms with van der Waals surface area (Å²) < 4.78 is 5.93. The van der Waals surface area contributed by atoms with Crippen LogP contribution in [-0.4, -0.2) is 32.4 Å². The molecule has 1 aromatic rings. The minimum Gasteiger partial charge on any atom is -0.480 e. The molecule has 0 fully saturated rings. The van der Waals surface area contributed by atoms with E-state index in [0.29, 0.717) is 0 Å². The zero-order valence-corrected chi connectivity index (χ0v) is 8.78. The summed E-state index contributed by atoms with van der Waals surface area (Å²) in [6.07, 6.45) is 1.05. The second kappa shape index (κ2) is 4.60. The number of hydrogen-bond acceptors (Lipinski definition) is 5. The lowest BCUT2D eigenvalue weighted by molar-refractivity contribution is -0.386. The zero-order chi connectivity index (χ0) is 12.3. The molecule has 0 aliphatic carbocycles. The van der Waals surface area contributed by atoms with Crippen LogP contribution < -0.4 is 4.74 Å². The largest absolute Gasteiger partial charge is 0.480 e. The van der Waals surface area contributed by atoms with Crippen molar-refractivity contribution in [2.75, 3.05) is 6.61 Å². The number of carbonyl (C=O) groups is 1. The highest BCUT2D eigenvalue weighted by molar-refractivity contribution is 5.71. The predicted octanol–water partition coefficient (Wildman–Crippen LogP) is 0.836. The molecular weight excluding hydrogens is 218 g/mol. The Balaban J connectivity index is 3.10. The summed E-state index contributed by atoms with van der Waals surface area (Å²) in [6.45, 7) is 3.25. The lowest BCUT2D eigenvalue weighted by Crippen LogP contribution is -2.16. The molecule has 1 aromatic heterocycles. The minimum atomic E-state index is -1.12. The highest BCUT2D eigenvalue weighted by Gasteiger charge is 2.25. The lowest BCUT2D eigenvalue weighted by atomic mass is 10.3. The van der Waals surface area contributed by atoms with E-state index in [4.69, 9.17) is 9.84 Å². The van der Waals surface area contributed by atoms with E-state index in [0.717, 1.165) is 10.9 Å². The van der Waals surface area contributed by atoms with Gasteiger partial charge in [0.15, 0.2) is 0 Å². The minimum absolute atomic E-state index is 0.166. The Hall–Kier alpha value is -2.12. The molecule has 0 aliphatic rings. The number of ether oxygens (including phenoxy) is 1. The van der Waals surface area contributed by atoms with Crippen LogP contribution in [-0.2, 0) is 4.79 Å². The van der Waals surface area contributed by atoms with Gasteiger partial charge in [0.25, 0.3) is 0 Å². The lowest BCUT2D eigenvalue weighted by Gasteiger charge is -2.04. The summed E-state index contributed by atoms with van der Waals surface area (Å²) in [7, 11) is 0. The van der Waals surface area contributed by atoms with Crippen LogP contribution in [0.2, 0.25) is 0 Å². The van der Waals surface area contributed by atoms with Gasteiger partial charge in [-0.2, -0.15) is 0 Å². The molecule has 0 spiro atoms. The van der Waals surface area contributed by atoms with E-state index in [1.165, 1.54) is 6.92 Å². The summed E-state index contributed by atoms with van der Waals surface area (Å²) in [5.74, 6) is -1.29. The van der Waals surface area contributed by atoms with Gasteiger partial charge in [0.2, 0.25) is 0 Å². The molecule has 1 atom stereocenters. The van der Waals surface area contributed by atoms with E-state index < -0.39 is 16.9 Å². The topological polar surface area (TPSA) is 107 Å². The van der Waals surface area contributed by atoms with Gasteiger partial charge in [-0.25, -0.2) is 9.48 Å². The average Bonchev–Trinajstić information content (AvgIpc) is 2.61. The highest BCUT2D eigenvalue weighted by atomic mass is 16.6. The van der Waals surface area contributed by atoms with Crippen molar-refractivity contribution in [2.45, 2.75) is 19.9 Å². The maximum atomic E-state index is 10.7. The van der Waals surface area contributed by atoms with E-state index >= 15 is 0 Å². The third kappa shape index (κ3) is 2.27. The Bertz CT molecular complexity index is 414. The van der Waals surface area contributed by atoms with Crippen molar-refractivity contribution >= 4 is 11.7 Å². The molecule has 1 unspecified atom stereocenters. The quantitative estimate of drug-likeness (QED) is 0.592. The molecule has 0 aromatic carbocycles. The molecule has 0 bridgehead atoms. The monoisotopic (exact) mass is 229 g/mol. The van der Waals surface area contributed by atoms with Gasteiger partial charge in [-0.1, -0.05) is 0 Å². The number of carboxylic acid groups (broad SMARTS) is 1. The first-order valence-electron chi connectivity index (χ1n) is 4.56. The van der Waals surface area contributed by atoms with Gasteiger partial charge in [-0.05, 0) is 13.8 Å². The van der Waals surface area contributed by atoms with Crippen LogP contribution in [0.1, 0.15) is 19.9 Å². The Morgan fingerprint density at radius 1 is 1.81 bits per heavy atom. The second-order valence-corrected chi connectivity index (χ2v) is 3.00. The molecule has 0 radical (unpaired) electrons. The fourth-order valence-electron chi connectivity index (χ4n) is 1.04. The molecule has 1 rings (SSSR count). The molecule has 16 heavy (non-hydrogen) atoms. The zero-order valence-electron chi connectivity index (χ0n) is 8.78. The normalized spacial score (nSPS) is 12.1. The number of carboxylic acids is 1. The standard InChI is InChI=1S/C8H11N3O5/c1-3-16-7-6(11(14)15)4-10(9-7)5(2)8(12)13/h4-5H,3H2,1-2H3,(H,12,13). The second-order valence-electron chi connectivity index (χ2n) is 3.00. The maximum absolute atomic E-state index is 10.7. The number of nitrogens with zero attached hydrogens (tertiary/aromatic N) is 3. The van der Waals surface area contributed by atoms with E-state index in [2.05, 4.69) is 5.10 Å². The number of nitro groups is 1. The molecular formula is C8H11N3O5. The summed E-state index contributed by atoms with van der Waals surface area (Å²) in [5, 5.41) is 23.1. The molecule has 0 aliphatic heterocycles. The smallest absolute Gasteiger partial charge is 0.350 e. The van der Waals surface area contributed by atoms with Crippen molar-refractivity contribution in [3.8, 4) is 5.88 Å². The third-order valence-electron chi connectivity index (χ3n) is 1.91. The first-order chi connectivity index (χ1) is 7.47. The molecule has 0 saturated carbocycles. The van der Waals surface area contributed by atoms with Gasteiger partial charge >= 0.3 is 17.5 Å². The number of hydrogen-bond donors (Lipinski definition) is 1. The summed E-state index contributed by atoms with van der Waals surface area (Å²) >= 11 is 0. The third-order valence-corrected chi connectivity index (χ3v) is 1.91. The Labute approximate surface area is 90.6 Å². The van der Waals surface area contributed by atoms with Gasteiger partial charge in [-0.15, -0.1) is 5.10 Å². The van der Waals surface area contributed by atoms with Gasteiger partial charge in [0.1, 0.15) is 12.2 Å². The van der Waals surface area contributed by atoms with Gasteiger partial charge in [-0.3, -0.25) is 10.1 Å². The molecule has 88 valence electrons. The average molecular weight is 229 g/mol. The molecule has 8 heteroatoms. The Morgan fingerprint density at radius 3 is 2.88 bits per heavy atom. The van der Waals surface area contributed by atoms with Gasteiger partial charge in [0, 0.05) is 0 Å². The van der Waals surface area contributed by atoms with Crippen molar-refractivity contribution in [2.24, 2.45) is 0 Å². The van der Waals surface area contributed by atoms with Gasteiger partial charge < -0.3 is 9.84 Å². The fourth-order valence-corrected chi connectivity index (χ4v) is 1.04. The van der Waals surface area contributed by atoms with Gasteiger partial charge in [0.05, 0.1) is 11.5 Å². The van der Waals surface area contributed by atoms with Crippen LogP contribution in [0.25, 0.3) is 0 Å². The Morgan fingerprint density at radius 2 is 2.44 bits per heavy atom. The van der Waals surface area contributed by atoms with Crippen LogP contribution in [0.15, 0.2) is 6.20 Å². The van der Waals surface area contributed by atoms with E-state index in [9.17, 15) is 14.9 Å². The van der Waals surface area contributed by atoms with Crippen molar-refractivity contribution in [1.82, 2.24) is 9.78 Å². The van der Waals surface area contributed by atoms with Crippen LogP contribution in [0.3, 0.4) is 0 Å². The number of aromatic nitrogens is 2. The molecule has 0 amide bonds. The van der Waals surface area contributed by atoms with E-state index in [1.54, 1.807) is 6.92 Å². The highest BCUT2D eigenvalue weighted by Crippen LogP contribution is 2.26. The van der Waals surface area contributed by atoms with Crippen LogP contribution in [0.4, 0.5) is 5.69 Å². The molecule has 0 saturated heterocycles. The predicted molar refractivity (Wildman–Crippen MR) is 52.4 cm³/mol.